The second kappa shape index (κ2) is 8.81. The van der Waals surface area contributed by atoms with E-state index in [1.165, 1.54) is 0 Å². The number of hydrogen-bond donors (Lipinski definition) is 1. The Morgan fingerprint density at radius 2 is 1.97 bits per heavy atom. The molecule has 3 saturated heterocycles. The zero-order chi connectivity index (χ0) is 21.3. The average molecular weight is 416 g/mol. The molecule has 1 unspecified atom stereocenters. The molecule has 1 aromatic rings. The number of amides is 1. The average Bonchev–Trinajstić information content (AvgIpc) is 2.74. The molecule has 1 N–H and O–H groups in total. The van der Waals surface area contributed by atoms with Crippen molar-refractivity contribution in [2.24, 2.45) is 5.92 Å². The summed E-state index contributed by atoms with van der Waals surface area (Å²) < 4.78 is 1.76. The van der Waals surface area contributed by atoms with Gasteiger partial charge in [-0.3, -0.25) is 14.5 Å². The third kappa shape index (κ3) is 4.20. The zero-order valence-corrected chi connectivity index (χ0v) is 18.8. The van der Waals surface area contributed by atoms with Crippen LogP contribution in [0.15, 0.2) is 17.1 Å². The van der Waals surface area contributed by atoms with Gasteiger partial charge in [0.1, 0.15) is 5.56 Å². The summed E-state index contributed by atoms with van der Waals surface area (Å²) in [6.07, 6.45) is 6.07. The van der Waals surface area contributed by atoms with Gasteiger partial charge in [-0.25, -0.2) is 0 Å². The van der Waals surface area contributed by atoms with Crippen LogP contribution in [-0.2, 0) is 6.54 Å². The molecule has 30 heavy (non-hydrogen) atoms. The highest BCUT2D eigenvalue weighted by molar-refractivity contribution is 5.95. The summed E-state index contributed by atoms with van der Waals surface area (Å²) in [6, 6.07) is 1.93. The van der Waals surface area contributed by atoms with Crippen LogP contribution in [0.3, 0.4) is 0 Å². The number of likely N-dealkylation sites (tertiary alicyclic amines) is 1. The van der Waals surface area contributed by atoms with Crippen molar-refractivity contribution in [1.29, 1.82) is 0 Å². The van der Waals surface area contributed by atoms with Crippen molar-refractivity contribution in [1.82, 2.24) is 24.6 Å². The Bertz CT molecular complexity index is 821. The molecule has 0 aromatic carbocycles. The van der Waals surface area contributed by atoms with Crippen molar-refractivity contribution in [3.05, 3.63) is 33.7 Å². The molecule has 3 aliphatic heterocycles. The fourth-order valence-corrected chi connectivity index (χ4v) is 5.51. The monoisotopic (exact) mass is 415 g/mol. The highest BCUT2D eigenvalue weighted by atomic mass is 16.2. The fourth-order valence-electron chi connectivity index (χ4n) is 5.51. The lowest BCUT2D eigenvalue weighted by molar-refractivity contribution is -0.0158. The van der Waals surface area contributed by atoms with Gasteiger partial charge in [0, 0.05) is 51.0 Å². The minimum atomic E-state index is -0.125. The van der Waals surface area contributed by atoms with E-state index in [4.69, 9.17) is 0 Å². The van der Waals surface area contributed by atoms with Gasteiger partial charge in [-0.05, 0) is 77.3 Å². The Morgan fingerprint density at radius 3 is 2.67 bits per heavy atom. The summed E-state index contributed by atoms with van der Waals surface area (Å²) >= 11 is 0. The predicted molar refractivity (Wildman–Crippen MR) is 119 cm³/mol. The van der Waals surface area contributed by atoms with E-state index in [0.717, 1.165) is 77.1 Å². The Labute approximate surface area is 180 Å². The number of carbonyl (C=O) groups excluding carboxylic acids is 1. The van der Waals surface area contributed by atoms with E-state index >= 15 is 0 Å². The van der Waals surface area contributed by atoms with E-state index in [9.17, 15) is 9.59 Å². The Hall–Kier alpha value is -1.70. The van der Waals surface area contributed by atoms with Gasteiger partial charge < -0.3 is 19.7 Å². The quantitative estimate of drug-likeness (QED) is 0.798. The highest BCUT2D eigenvalue weighted by Crippen LogP contribution is 2.31. The van der Waals surface area contributed by atoms with Crippen LogP contribution in [-0.4, -0.2) is 90.6 Å². The maximum atomic E-state index is 13.4. The first-order chi connectivity index (χ1) is 14.4. The van der Waals surface area contributed by atoms with E-state index in [2.05, 4.69) is 29.2 Å². The van der Waals surface area contributed by atoms with E-state index in [0.29, 0.717) is 18.0 Å². The molecule has 1 amide bonds. The Kier molecular flexibility index (Phi) is 6.32. The molecule has 3 fully saturated rings. The van der Waals surface area contributed by atoms with Gasteiger partial charge in [0.25, 0.3) is 11.5 Å². The number of carbonyl (C=O) groups is 1. The number of aryl methyl sites for hydroxylation is 1. The number of piperazine rings is 1. The van der Waals surface area contributed by atoms with Crippen molar-refractivity contribution in [3.8, 4) is 0 Å². The first-order valence-electron chi connectivity index (χ1n) is 11.5. The zero-order valence-electron chi connectivity index (χ0n) is 18.8. The maximum Gasteiger partial charge on any atom is 0.263 e. The van der Waals surface area contributed by atoms with Crippen molar-refractivity contribution in [2.75, 3.05) is 59.9 Å². The first-order valence-corrected chi connectivity index (χ1v) is 11.5. The van der Waals surface area contributed by atoms with E-state index in [-0.39, 0.29) is 17.0 Å². The normalized spacial score (nSPS) is 25.6. The molecule has 0 aliphatic carbocycles. The van der Waals surface area contributed by atoms with Crippen LogP contribution in [0.25, 0.3) is 0 Å². The Balaban J connectivity index is 1.48. The van der Waals surface area contributed by atoms with Crippen molar-refractivity contribution < 1.29 is 4.79 Å². The third-order valence-electron chi connectivity index (χ3n) is 7.61. The number of hydrogen-bond acceptors (Lipinski definition) is 5. The summed E-state index contributed by atoms with van der Waals surface area (Å²) in [5, 5.41) is 3.41. The molecule has 4 heterocycles. The lowest BCUT2D eigenvalue weighted by Crippen LogP contribution is -2.64. The van der Waals surface area contributed by atoms with Crippen LogP contribution in [0.2, 0.25) is 0 Å². The van der Waals surface area contributed by atoms with Crippen molar-refractivity contribution >= 4 is 5.91 Å². The molecule has 0 radical (unpaired) electrons. The molecule has 0 saturated carbocycles. The van der Waals surface area contributed by atoms with Crippen molar-refractivity contribution in [2.45, 2.75) is 44.7 Å². The van der Waals surface area contributed by atoms with Crippen LogP contribution in [0, 0.1) is 12.8 Å². The lowest BCUT2D eigenvalue weighted by Gasteiger charge is -2.52. The van der Waals surface area contributed by atoms with Crippen LogP contribution in [0.4, 0.5) is 0 Å². The van der Waals surface area contributed by atoms with Crippen LogP contribution >= 0.6 is 0 Å². The molecule has 7 heteroatoms. The molecular weight excluding hydrogens is 378 g/mol. The van der Waals surface area contributed by atoms with E-state index in [1.54, 1.807) is 4.57 Å². The summed E-state index contributed by atoms with van der Waals surface area (Å²) in [5.41, 5.74) is 1.19. The summed E-state index contributed by atoms with van der Waals surface area (Å²) in [6.45, 7) is 9.24. The van der Waals surface area contributed by atoms with Gasteiger partial charge >= 0.3 is 0 Å². The molecule has 4 rings (SSSR count). The molecular formula is C23H37N5O2. The fraction of sp³-hybridized carbons (Fsp3) is 0.739. The molecule has 7 nitrogen and oxygen atoms in total. The minimum Gasteiger partial charge on any atom is -0.338 e. The third-order valence-corrected chi connectivity index (χ3v) is 7.61. The highest BCUT2D eigenvalue weighted by Gasteiger charge is 2.42. The van der Waals surface area contributed by atoms with Gasteiger partial charge in [0.2, 0.25) is 0 Å². The van der Waals surface area contributed by atoms with E-state index in [1.807, 2.05) is 24.1 Å². The predicted octanol–water partition coefficient (Wildman–Crippen LogP) is 1.01. The molecule has 3 aliphatic rings. The number of piperidine rings is 2. The second-order valence-electron chi connectivity index (χ2n) is 9.72. The summed E-state index contributed by atoms with van der Waals surface area (Å²) in [7, 11) is 4.40. The van der Waals surface area contributed by atoms with Crippen LogP contribution in [0.1, 0.15) is 41.6 Å². The number of aromatic nitrogens is 1. The molecule has 1 spiro atoms. The van der Waals surface area contributed by atoms with Crippen LogP contribution in [0.5, 0.6) is 0 Å². The van der Waals surface area contributed by atoms with Gasteiger partial charge in [-0.2, -0.15) is 0 Å². The SMILES string of the molecule is Cc1ccn(CC2CCCNC2)c(=O)c1C(=O)N1CCC2(CC1)CN(C)CCN2C. The molecule has 0 bridgehead atoms. The maximum absolute atomic E-state index is 13.4. The molecule has 1 aromatic heterocycles. The summed E-state index contributed by atoms with van der Waals surface area (Å²) in [4.78, 5) is 33.4. The van der Waals surface area contributed by atoms with Gasteiger partial charge in [-0.15, -0.1) is 0 Å². The number of rotatable bonds is 3. The minimum absolute atomic E-state index is 0.0877. The smallest absolute Gasteiger partial charge is 0.263 e. The van der Waals surface area contributed by atoms with Crippen LogP contribution < -0.4 is 10.9 Å². The lowest BCUT2D eigenvalue weighted by atomic mass is 9.83. The standard InChI is InChI=1S/C23H37N5O2/c1-18-6-10-28(16-19-5-4-9-24-15-19)22(30)20(18)21(29)27-11-7-23(8-12-27)17-25(2)13-14-26(23)3/h6,10,19,24H,4-5,7-9,11-17H2,1-3H3. The number of nitrogens with zero attached hydrogens (tertiary/aromatic N) is 4. The largest absolute Gasteiger partial charge is 0.338 e. The molecule has 1 atom stereocenters. The number of likely N-dealkylation sites (N-methyl/N-ethyl adjacent to an activating group) is 2. The summed E-state index contributed by atoms with van der Waals surface area (Å²) in [5.74, 6) is 0.367. The van der Waals surface area contributed by atoms with Gasteiger partial charge in [-0.1, -0.05) is 0 Å². The topological polar surface area (TPSA) is 60.8 Å². The number of nitrogens with one attached hydrogen (secondary N) is 1. The van der Waals surface area contributed by atoms with Crippen molar-refractivity contribution in [3.63, 3.8) is 0 Å². The van der Waals surface area contributed by atoms with Gasteiger partial charge in [0.05, 0.1) is 0 Å². The van der Waals surface area contributed by atoms with E-state index < -0.39 is 0 Å². The second-order valence-corrected chi connectivity index (χ2v) is 9.72. The Morgan fingerprint density at radius 1 is 1.20 bits per heavy atom. The van der Waals surface area contributed by atoms with Gasteiger partial charge in [0.15, 0.2) is 0 Å². The molecule has 166 valence electrons. The first kappa shape index (κ1) is 21.5. The number of pyridine rings is 1.